The molecule has 0 radical (unpaired) electrons. The van der Waals surface area contributed by atoms with E-state index in [9.17, 15) is 13.2 Å². The Morgan fingerprint density at radius 1 is 1.33 bits per heavy atom. The van der Waals surface area contributed by atoms with E-state index in [4.69, 9.17) is 4.52 Å². The van der Waals surface area contributed by atoms with Crippen molar-refractivity contribution in [3.05, 3.63) is 36.1 Å². The minimum absolute atomic E-state index is 0.0148. The molecular weight excluding hydrogens is 294 g/mol. The molecule has 0 aliphatic carbocycles. The van der Waals surface area contributed by atoms with Crippen LogP contribution in [0.4, 0.5) is 11.5 Å². The molecule has 112 valence electrons. The van der Waals surface area contributed by atoms with Crippen molar-refractivity contribution in [2.45, 2.75) is 11.8 Å². The summed E-state index contributed by atoms with van der Waals surface area (Å²) in [6.45, 7) is 1.71. The van der Waals surface area contributed by atoms with Crippen LogP contribution in [0.1, 0.15) is 5.76 Å². The van der Waals surface area contributed by atoms with Gasteiger partial charge in [0.25, 0.3) is 0 Å². The Morgan fingerprint density at radius 2 is 2.10 bits per heavy atom. The van der Waals surface area contributed by atoms with E-state index >= 15 is 0 Å². The van der Waals surface area contributed by atoms with Crippen LogP contribution in [-0.2, 0) is 14.6 Å². The third-order valence-corrected chi connectivity index (χ3v) is 3.72. The fourth-order valence-electron chi connectivity index (χ4n) is 1.63. The number of hydrogen-bond acceptors (Lipinski definition) is 6. The van der Waals surface area contributed by atoms with Crippen molar-refractivity contribution < 1.29 is 17.7 Å². The highest BCUT2D eigenvalue weighted by molar-refractivity contribution is 7.90. The van der Waals surface area contributed by atoms with Gasteiger partial charge < -0.3 is 15.2 Å². The fourth-order valence-corrected chi connectivity index (χ4v) is 2.30. The Hall–Kier alpha value is -2.35. The Labute approximate surface area is 122 Å². The topological polar surface area (TPSA) is 101 Å². The van der Waals surface area contributed by atoms with Crippen molar-refractivity contribution in [3.8, 4) is 0 Å². The van der Waals surface area contributed by atoms with Crippen LogP contribution >= 0.6 is 0 Å². The van der Waals surface area contributed by atoms with E-state index < -0.39 is 9.84 Å². The Kier molecular flexibility index (Phi) is 4.27. The molecule has 21 heavy (non-hydrogen) atoms. The van der Waals surface area contributed by atoms with Crippen molar-refractivity contribution in [2.24, 2.45) is 0 Å². The molecule has 2 N–H and O–H groups in total. The molecule has 0 saturated carbocycles. The normalized spacial score (nSPS) is 11.1. The summed E-state index contributed by atoms with van der Waals surface area (Å²) in [5.41, 5.74) is 0.546. The lowest BCUT2D eigenvalue weighted by molar-refractivity contribution is -0.114. The molecule has 0 atom stereocenters. The maximum atomic E-state index is 11.7. The van der Waals surface area contributed by atoms with Gasteiger partial charge in [-0.15, -0.1) is 0 Å². The van der Waals surface area contributed by atoms with Gasteiger partial charge in [0.2, 0.25) is 5.91 Å². The van der Waals surface area contributed by atoms with Crippen molar-refractivity contribution >= 4 is 27.2 Å². The van der Waals surface area contributed by atoms with E-state index in [1.165, 1.54) is 12.1 Å². The summed E-state index contributed by atoms with van der Waals surface area (Å²) in [6, 6.07) is 7.86. The van der Waals surface area contributed by atoms with Gasteiger partial charge in [-0.2, -0.15) is 0 Å². The monoisotopic (exact) mass is 309 g/mol. The van der Waals surface area contributed by atoms with Gasteiger partial charge in [-0.1, -0.05) is 11.2 Å². The third-order valence-electron chi connectivity index (χ3n) is 2.61. The molecule has 0 saturated heterocycles. The van der Waals surface area contributed by atoms with Crippen molar-refractivity contribution in [1.29, 1.82) is 0 Å². The Morgan fingerprint density at radius 3 is 2.71 bits per heavy atom. The standard InChI is InChI=1S/C13H15N3O4S/c1-9-6-12(16-20-9)15-13(17)8-14-10-4-3-5-11(7-10)21(2,18)19/h3-7,14H,8H2,1-2H3,(H,15,16,17). The highest BCUT2D eigenvalue weighted by Crippen LogP contribution is 2.15. The zero-order chi connectivity index (χ0) is 15.5. The zero-order valence-corrected chi connectivity index (χ0v) is 12.4. The maximum absolute atomic E-state index is 11.7. The first-order chi connectivity index (χ1) is 9.84. The number of carbonyl (C=O) groups excluding carboxylic acids is 1. The molecule has 8 heteroatoms. The first kappa shape index (κ1) is 15.0. The van der Waals surface area contributed by atoms with Crippen LogP contribution in [0.5, 0.6) is 0 Å². The van der Waals surface area contributed by atoms with Gasteiger partial charge in [0.05, 0.1) is 11.4 Å². The van der Waals surface area contributed by atoms with Gasteiger partial charge >= 0.3 is 0 Å². The smallest absolute Gasteiger partial charge is 0.244 e. The predicted molar refractivity (Wildman–Crippen MR) is 77.9 cm³/mol. The highest BCUT2D eigenvalue weighted by Gasteiger charge is 2.09. The summed E-state index contributed by atoms with van der Waals surface area (Å²) in [7, 11) is -3.27. The molecule has 2 rings (SSSR count). The summed E-state index contributed by atoms with van der Waals surface area (Å²) in [5.74, 6) is 0.622. The molecular formula is C13H15N3O4S. The lowest BCUT2D eigenvalue weighted by atomic mass is 10.3. The number of amides is 1. The molecule has 1 heterocycles. The average molecular weight is 309 g/mol. The molecule has 0 unspecified atom stereocenters. The van der Waals surface area contributed by atoms with E-state index in [-0.39, 0.29) is 17.3 Å². The minimum atomic E-state index is -3.27. The maximum Gasteiger partial charge on any atom is 0.244 e. The molecule has 0 aliphatic rings. The van der Waals surface area contributed by atoms with Crippen LogP contribution in [-0.4, -0.2) is 32.3 Å². The van der Waals surface area contributed by atoms with E-state index in [0.717, 1.165) is 6.26 Å². The molecule has 0 bridgehead atoms. The number of sulfone groups is 1. The van der Waals surface area contributed by atoms with Gasteiger partial charge in [0.1, 0.15) is 5.76 Å². The molecule has 7 nitrogen and oxygen atoms in total. The number of hydrogen-bond donors (Lipinski definition) is 2. The molecule has 0 aliphatic heterocycles. The second kappa shape index (κ2) is 5.96. The molecule has 0 spiro atoms. The highest BCUT2D eigenvalue weighted by atomic mass is 32.2. The first-order valence-electron chi connectivity index (χ1n) is 6.12. The lowest BCUT2D eigenvalue weighted by Crippen LogP contribution is -2.21. The second-order valence-corrected chi connectivity index (χ2v) is 6.54. The number of rotatable bonds is 5. The van der Waals surface area contributed by atoms with Crippen LogP contribution in [0, 0.1) is 6.92 Å². The number of benzene rings is 1. The van der Waals surface area contributed by atoms with Gasteiger partial charge in [-0.05, 0) is 25.1 Å². The van der Waals surface area contributed by atoms with Crippen LogP contribution in [0.25, 0.3) is 0 Å². The van der Waals surface area contributed by atoms with E-state index in [1.54, 1.807) is 25.1 Å². The van der Waals surface area contributed by atoms with Crippen LogP contribution in [0.3, 0.4) is 0 Å². The summed E-state index contributed by atoms with van der Waals surface area (Å²) < 4.78 is 27.7. The number of aryl methyl sites for hydroxylation is 1. The van der Waals surface area contributed by atoms with Gasteiger partial charge in [-0.25, -0.2) is 8.42 Å². The Bertz CT molecular complexity index is 752. The van der Waals surface area contributed by atoms with Crippen LogP contribution < -0.4 is 10.6 Å². The van der Waals surface area contributed by atoms with Crippen molar-refractivity contribution in [1.82, 2.24) is 5.16 Å². The predicted octanol–water partition coefficient (Wildman–Crippen LogP) is 1.44. The zero-order valence-electron chi connectivity index (χ0n) is 11.6. The lowest BCUT2D eigenvalue weighted by Gasteiger charge is -2.07. The second-order valence-electron chi connectivity index (χ2n) is 4.52. The number of carbonyl (C=O) groups is 1. The van der Waals surface area contributed by atoms with Gasteiger partial charge in [0.15, 0.2) is 15.7 Å². The quantitative estimate of drug-likeness (QED) is 0.866. The van der Waals surface area contributed by atoms with Crippen molar-refractivity contribution in [2.75, 3.05) is 23.4 Å². The van der Waals surface area contributed by atoms with Crippen LogP contribution in [0.2, 0.25) is 0 Å². The number of nitrogens with one attached hydrogen (secondary N) is 2. The fraction of sp³-hybridized carbons (Fsp3) is 0.231. The molecule has 2 aromatic rings. The summed E-state index contributed by atoms with van der Waals surface area (Å²) >= 11 is 0. The third kappa shape index (κ3) is 4.32. The Balaban J connectivity index is 1.95. The largest absolute Gasteiger partial charge is 0.376 e. The SMILES string of the molecule is Cc1cc(NC(=O)CNc2cccc(S(C)(=O)=O)c2)no1. The first-order valence-corrected chi connectivity index (χ1v) is 8.01. The molecule has 1 amide bonds. The van der Waals surface area contributed by atoms with Gasteiger partial charge in [-0.3, -0.25) is 4.79 Å². The average Bonchev–Trinajstić information content (AvgIpc) is 2.81. The number of anilines is 2. The minimum Gasteiger partial charge on any atom is -0.376 e. The van der Waals surface area contributed by atoms with Gasteiger partial charge in [0, 0.05) is 18.0 Å². The summed E-state index contributed by atoms with van der Waals surface area (Å²) in [5, 5.41) is 9.05. The van der Waals surface area contributed by atoms with Crippen molar-refractivity contribution in [3.63, 3.8) is 0 Å². The van der Waals surface area contributed by atoms with E-state index in [1.807, 2.05) is 0 Å². The van der Waals surface area contributed by atoms with E-state index in [0.29, 0.717) is 17.3 Å². The molecule has 0 fully saturated rings. The summed E-state index contributed by atoms with van der Waals surface area (Å²) in [6.07, 6.45) is 1.13. The van der Waals surface area contributed by atoms with Crippen LogP contribution in [0.15, 0.2) is 39.8 Å². The summed E-state index contributed by atoms with van der Waals surface area (Å²) in [4.78, 5) is 11.9. The van der Waals surface area contributed by atoms with E-state index in [2.05, 4.69) is 15.8 Å². The molecule has 1 aromatic heterocycles. The molecule has 1 aromatic carbocycles. The number of nitrogens with zero attached hydrogens (tertiary/aromatic N) is 1. The number of aromatic nitrogens is 1.